The number of morpholine rings is 1. The Balaban J connectivity index is 1.62. The van der Waals surface area contributed by atoms with Gasteiger partial charge >= 0.3 is 5.97 Å². The molecule has 0 saturated carbocycles. The molecule has 0 bridgehead atoms. The summed E-state index contributed by atoms with van der Waals surface area (Å²) in [6, 6.07) is 0. The third-order valence-electron chi connectivity index (χ3n) is 3.31. The summed E-state index contributed by atoms with van der Waals surface area (Å²) in [5.74, 6) is -0.0670. The largest absolute Gasteiger partial charge is 0.464 e. The summed E-state index contributed by atoms with van der Waals surface area (Å²) in [6.07, 6.45) is 7.20. The fourth-order valence-corrected chi connectivity index (χ4v) is 2.22. The Kier molecular flexibility index (Phi) is 5.01. The zero-order chi connectivity index (χ0) is 11.9. The third kappa shape index (κ3) is 4.13. The average Bonchev–Trinajstić information content (AvgIpc) is 2.41. The molecule has 0 spiro atoms. The molecule has 17 heavy (non-hydrogen) atoms. The first-order valence-electron chi connectivity index (χ1n) is 6.49. The molecule has 0 N–H and O–H groups in total. The Morgan fingerprint density at radius 2 is 2.24 bits per heavy atom. The number of esters is 1. The molecule has 0 aromatic heterocycles. The first kappa shape index (κ1) is 12.6. The summed E-state index contributed by atoms with van der Waals surface area (Å²) >= 11 is 0. The first-order valence-corrected chi connectivity index (χ1v) is 6.49. The molecule has 96 valence electrons. The van der Waals surface area contributed by atoms with Crippen molar-refractivity contribution in [2.75, 3.05) is 39.5 Å². The Morgan fingerprint density at radius 3 is 2.94 bits per heavy atom. The van der Waals surface area contributed by atoms with Crippen LogP contribution in [-0.2, 0) is 14.3 Å². The van der Waals surface area contributed by atoms with Crippen molar-refractivity contribution >= 4 is 5.97 Å². The minimum Gasteiger partial charge on any atom is -0.464 e. The molecule has 0 aromatic carbocycles. The van der Waals surface area contributed by atoms with Crippen LogP contribution in [0.25, 0.3) is 0 Å². The predicted molar refractivity (Wildman–Crippen MR) is 64.7 cm³/mol. The fraction of sp³-hybridized carbons (Fsp3) is 0.769. The molecule has 0 amide bonds. The van der Waals surface area contributed by atoms with Crippen molar-refractivity contribution in [3.8, 4) is 0 Å². The van der Waals surface area contributed by atoms with Crippen molar-refractivity contribution in [2.24, 2.45) is 5.92 Å². The maximum Gasteiger partial charge on any atom is 0.312 e. The highest BCUT2D eigenvalue weighted by Crippen LogP contribution is 2.18. The molecule has 4 heteroatoms. The van der Waals surface area contributed by atoms with Crippen LogP contribution < -0.4 is 0 Å². The van der Waals surface area contributed by atoms with E-state index in [0.717, 1.165) is 52.1 Å². The highest BCUT2D eigenvalue weighted by atomic mass is 16.5. The quantitative estimate of drug-likeness (QED) is 0.546. The van der Waals surface area contributed by atoms with Gasteiger partial charge in [0.15, 0.2) is 0 Å². The van der Waals surface area contributed by atoms with E-state index in [1.54, 1.807) is 0 Å². The SMILES string of the molecule is O=C(OCCN1CCOCC1)C1C=CCCC1. The van der Waals surface area contributed by atoms with Crippen LogP contribution in [0.3, 0.4) is 0 Å². The Morgan fingerprint density at radius 1 is 1.41 bits per heavy atom. The van der Waals surface area contributed by atoms with Crippen LogP contribution in [0.4, 0.5) is 0 Å². The summed E-state index contributed by atoms with van der Waals surface area (Å²) in [6.45, 7) is 4.80. The average molecular weight is 239 g/mol. The van der Waals surface area contributed by atoms with Gasteiger partial charge in [-0.25, -0.2) is 0 Å². The maximum atomic E-state index is 11.7. The van der Waals surface area contributed by atoms with Gasteiger partial charge in [-0.05, 0) is 19.3 Å². The van der Waals surface area contributed by atoms with E-state index in [2.05, 4.69) is 11.0 Å². The van der Waals surface area contributed by atoms with E-state index in [1.807, 2.05) is 6.08 Å². The summed E-state index contributed by atoms with van der Waals surface area (Å²) < 4.78 is 10.6. The van der Waals surface area contributed by atoms with E-state index in [9.17, 15) is 4.79 Å². The van der Waals surface area contributed by atoms with Crippen molar-refractivity contribution in [3.63, 3.8) is 0 Å². The molecule has 0 aromatic rings. The van der Waals surface area contributed by atoms with E-state index in [-0.39, 0.29) is 11.9 Å². The molecule has 4 nitrogen and oxygen atoms in total. The van der Waals surface area contributed by atoms with Crippen molar-refractivity contribution in [2.45, 2.75) is 19.3 Å². The molecule has 1 unspecified atom stereocenters. The number of nitrogens with zero attached hydrogens (tertiary/aromatic N) is 1. The Bertz CT molecular complexity index is 272. The van der Waals surface area contributed by atoms with Gasteiger partial charge in [0.2, 0.25) is 0 Å². The van der Waals surface area contributed by atoms with Gasteiger partial charge in [-0.15, -0.1) is 0 Å². The molecule has 1 aliphatic carbocycles. The Hall–Kier alpha value is -0.870. The summed E-state index contributed by atoms with van der Waals surface area (Å²) in [5, 5.41) is 0. The molecule has 2 aliphatic rings. The number of rotatable bonds is 4. The number of ether oxygens (including phenoxy) is 2. The van der Waals surface area contributed by atoms with Gasteiger partial charge in [-0.1, -0.05) is 12.2 Å². The lowest BCUT2D eigenvalue weighted by Gasteiger charge is -2.26. The maximum absolute atomic E-state index is 11.7. The minimum absolute atomic E-state index is 0.00607. The Labute approximate surface area is 103 Å². The first-order chi connectivity index (χ1) is 8.36. The molecule has 1 aliphatic heterocycles. The van der Waals surface area contributed by atoms with Crippen LogP contribution in [-0.4, -0.2) is 50.3 Å². The lowest BCUT2D eigenvalue weighted by Crippen LogP contribution is -2.38. The van der Waals surface area contributed by atoms with Gasteiger partial charge < -0.3 is 9.47 Å². The zero-order valence-electron chi connectivity index (χ0n) is 10.3. The van der Waals surface area contributed by atoms with Gasteiger partial charge in [0.05, 0.1) is 19.1 Å². The number of hydrogen-bond acceptors (Lipinski definition) is 4. The molecule has 1 fully saturated rings. The molecule has 0 radical (unpaired) electrons. The van der Waals surface area contributed by atoms with E-state index < -0.39 is 0 Å². The number of carbonyl (C=O) groups excluding carboxylic acids is 1. The second-order valence-corrected chi connectivity index (χ2v) is 4.59. The second-order valence-electron chi connectivity index (χ2n) is 4.59. The standard InChI is InChI=1S/C13H21NO3/c15-13(12-4-2-1-3-5-12)17-11-8-14-6-9-16-10-7-14/h2,4,12H,1,3,5-11H2. The molecule has 2 rings (SSSR count). The van der Waals surface area contributed by atoms with E-state index in [1.165, 1.54) is 0 Å². The monoisotopic (exact) mass is 239 g/mol. The number of hydrogen-bond donors (Lipinski definition) is 0. The van der Waals surface area contributed by atoms with Crippen molar-refractivity contribution in [3.05, 3.63) is 12.2 Å². The zero-order valence-corrected chi connectivity index (χ0v) is 10.3. The lowest BCUT2D eigenvalue weighted by atomic mass is 9.96. The minimum atomic E-state index is -0.0609. The van der Waals surface area contributed by atoms with Crippen LogP contribution in [0, 0.1) is 5.92 Å². The smallest absolute Gasteiger partial charge is 0.312 e. The van der Waals surface area contributed by atoms with Crippen molar-refractivity contribution in [1.29, 1.82) is 0 Å². The highest BCUT2D eigenvalue weighted by molar-refractivity contribution is 5.74. The summed E-state index contributed by atoms with van der Waals surface area (Å²) in [4.78, 5) is 14.0. The van der Waals surface area contributed by atoms with E-state index in [4.69, 9.17) is 9.47 Å². The molecular weight excluding hydrogens is 218 g/mol. The van der Waals surface area contributed by atoms with Gasteiger partial charge in [-0.3, -0.25) is 9.69 Å². The van der Waals surface area contributed by atoms with Crippen LogP contribution in [0.1, 0.15) is 19.3 Å². The molecular formula is C13H21NO3. The third-order valence-corrected chi connectivity index (χ3v) is 3.31. The van der Waals surface area contributed by atoms with Gasteiger partial charge in [0.25, 0.3) is 0 Å². The highest BCUT2D eigenvalue weighted by Gasteiger charge is 2.19. The van der Waals surface area contributed by atoms with Crippen LogP contribution in [0.15, 0.2) is 12.2 Å². The van der Waals surface area contributed by atoms with E-state index in [0.29, 0.717) is 6.61 Å². The second kappa shape index (κ2) is 6.77. The summed E-state index contributed by atoms with van der Waals surface area (Å²) in [7, 11) is 0. The van der Waals surface area contributed by atoms with Crippen molar-refractivity contribution < 1.29 is 14.3 Å². The fourth-order valence-electron chi connectivity index (χ4n) is 2.22. The lowest BCUT2D eigenvalue weighted by molar-refractivity contribution is -0.147. The van der Waals surface area contributed by atoms with Crippen molar-refractivity contribution in [1.82, 2.24) is 4.90 Å². The van der Waals surface area contributed by atoms with Crippen LogP contribution >= 0.6 is 0 Å². The predicted octanol–water partition coefficient (Wildman–Crippen LogP) is 1.22. The molecule has 1 atom stereocenters. The number of allylic oxidation sites excluding steroid dienone is 1. The molecule has 1 heterocycles. The molecule has 1 saturated heterocycles. The van der Waals surface area contributed by atoms with Crippen LogP contribution in [0.5, 0.6) is 0 Å². The van der Waals surface area contributed by atoms with Gasteiger partial charge in [0.1, 0.15) is 6.61 Å². The topological polar surface area (TPSA) is 38.8 Å². The van der Waals surface area contributed by atoms with Gasteiger partial charge in [0, 0.05) is 19.6 Å². The summed E-state index contributed by atoms with van der Waals surface area (Å²) in [5.41, 5.74) is 0. The van der Waals surface area contributed by atoms with E-state index >= 15 is 0 Å². The van der Waals surface area contributed by atoms with Gasteiger partial charge in [-0.2, -0.15) is 0 Å². The normalized spacial score (nSPS) is 25.8. The number of carbonyl (C=O) groups is 1. The van der Waals surface area contributed by atoms with Crippen LogP contribution in [0.2, 0.25) is 0 Å².